The number of hydrogen-bond acceptors (Lipinski definition) is 4. The maximum absolute atomic E-state index is 11.8. The van der Waals surface area contributed by atoms with Crippen LogP contribution in [0.5, 0.6) is 0 Å². The average molecular weight is 282 g/mol. The Hall–Kier alpha value is -3.02. The van der Waals surface area contributed by atoms with E-state index in [1.54, 1.807) is 42.7 Å². The summed E-state index contributed by atoms with van der Waals surface area (Å²) in [5.74, 6) is -0.488. The topological polar surface area (TPSA) is 83.5 Å². The molecule has 0 spiro atoms. The lowest BCUT2D eigenvalue weighted by atomic mass is 10.2. The number of carbonyl (C=O) groups is 2. The van der Waals surface area contributed by atoms with E-state index in [2.05, 4.69) is 20.8 Å². The van der Waals surface area contributed by atoms with E-state index >= 15 is 0 Å². The highest BCUT2D eigenvalue weighted by Crippen LogP contribution is 2.09. The fraction of sp³-hybridized carbons (Fsp3) is 0.0667. The van der Waals surface area contributed by atoms with E-state index in [1.165, 1.54) is 13.1 Å². The van der Waals surface area contributed by atoms with Crippen molar-refractivity contribution >= 4 is 23.7 Å². The number of anilines is 1. The van der Waals surface area contributed by atoms with Gasteiger partial charge in [-0.3, -0.25) is 14.6 Å². The zero-order valence-electron chi connectivity index (χ0n) is 11.4. The summed E-state index contributed by atoms with van der Waals surface area (Å²) < 4.78 is 0. The van der Waals surface area contributed by atoms with Gasteiger partial charge in [0.1, 0.15) is 0 Å². The van der Waals surface area contributed by atoms with Crippen molar-refractivity contribution in [2.45, 2.75) is 6.92 Å². The van der Waals surface area contributed by atoms with Gasteiger partial charge in [-0.15, -0.1) is 0 Å². The molecular weight excluding hydrogens is 268 g/mol. The van der Waals surface area contributed by atoms with Crippen LogP contribution in [-0.4, -0.2) is 23.0 Å². The lowest BCUT2D eigenvalue weighted by Crippen LogP contribution is -2.17. The average Bonchev–Trinajstić information content (AvgIpc) is 2.48. The SMILES string of the molecule is CC(=O)Nc1ccc(C(=O)NN=Cc2cccnc2)cc1. The Balaban J connectivity index is 1.94. The van der Waals surface area contributed by atoms with Gasteiger partial charge in [-0.05, 0) is 30.3 Å². The van der Waals surface area contributed by atoms with Gasteiger partial charge in [-0.1, -0.05) is 6.07 Å². The predicted octanol–water partition coefficient (Wildman–Crippen LogP) is 1.80. The van der Waals surface area contributed by atoms with Crippen LogP contribution >= 0.6 is 0 Å². The van der Waals surface area contributed by atoms with Crippen molar-refractivity contribution in [2.75, 3.05) is 5.32 Å². The first kappa shape index (κ1) is 14.4. The van der Waals surface area contributed by atoms with E-state index < -0.39 is 0 Å². The van der Waals surface area contributed by atoms with Gasteiger partial charge in [0.25, 0.3) is 5.91 Å². The number of pyridine rings is 1. The number of rotatable bonds is 4. The molecule has 0 atom stereocenters. The molecule has 6 heteroatoms. The maximum Gasteiger partial charge on any atom is 0.271 e. The molecule has 2 rings (SSSR count). The molecule has 0 fully saturated rings. The van der Waals surface area contributed by atoms with Gasteiger partial charge in [-0.2, -0.15) is 5.10 Å². The van der Waals surface area contributed by atoms with Crippen molar-refractivity contribution in [1.29, 1.82) is 0 Å². The van der Waals surface area contributed by atoms with Crippen LogP contribution < -0.4 is 10.7 Å². The van der Waals surface area contributed by atoms with Gasteiger partial charge in [0.15, 0.2) is 0 Å². The summed E-state index contributed by atoms with van der Waals surface area (Å²) in [6.07, 6.45) is 4.81. The molecule has 2 amide bonds. The van der Waals surface area contributed by atoms with Crippen molar-refractivity contribution in [3.05, 3.63) is 59.9 Å². The Bertz CT molecular complexity index is 651. The van der Waals surface area contributed by atoms with Gasteiger partial charge in [0.05, 0.1) is 6.21 Å². The molecule has 1 aromatic carbocycles. The molecule has 0 radical (unpaired) electrons. The van der Waals surface area contributed by atoms with E-state index in [4.69, 9.17) is 0 Å². The van der Waals surface area contributed by atoms with Crippen molar-refractivity contribution < 1.29 is 9.59 Å². The second kappa shape index (κ2) is 6.95. The Kier molecular flexibility index (Phi) is 4.76. The molecule has 106 valence electrons. The number of benzene rings is 1. The van der Waals surface area contributed by atoms with E-state index in [-0.39, 0.29) is 11.8 Å². The molecule has 0 aliphatic rings. The van der Waals surface area contributed by atoms with Gasteiger partial charge in [0.2, 0.25) is 5.91 Å². The van der Waals surface area contributed by atoms with E-state index in [9.17, 15) is 9.59 Å². The lowest BCUT2D eigenvalue weighted by molar-refractivity contribution is -0.114. The number of nitrogens with one attached hydrogen (secondary N) is 2. The summed E-state index contributed by atoms with van der Waals surface area (Å²) in [4.78, 5) is 26.7. The van der Waals surface area contributed by atoms with Crippen molar-refractivity contribution in [1.82, 2.24) is 10.4 Å². The Morgan fingerprint density at radius 3 is 2.57 bits per heavy atom. The first-order chi connectivity index (χ1) is 10.1. The normalized spacial score (nSPS) is 10.3. The summed E-state index contributed by atoms with van der Waals surface area (Å²) in [6, 6.07) is 10.1. The lowest BCUT2D eigenvalue weighted by Gasteiger charge is -2.03. The molecule has 2 N–H and O–H groups in total. The number of nitrogens with zero attached hydrogens (tertiary/aromatic N) is 2. The minimum absolute atomic E-state index is 0.159. The molecule has 1 aromatic heterocycles. The predicted molar refractivity (Wildman–Crippen MR) is 80.0 cm³/mol. The second-order valence-electron chi connectivity index (χ2n) is 4.24. The van der Waals surface area contributed by atoms with Crippen molar-refractivity contribution in [3.8, 4) is 0 Å². The summed E-state index contributed by atoms with van der Waals surface area (Å²) in [5, 5.41) is 6.48. The van der Waals surface area contributed by atoms with Crippen LogP contribution in [0, 0.1) is 0 Å². The van der Waals surface area contributed by atoms with E-state index in [0.29, 0.717) is 11.3 Å². The fourth-order valence-corrected chi connectivity index (χ4v) is 1.59. The van der Waals surface area contributed by atoms with Crippen LogP contribution in [0.1, 0.15) is 22.8 Å². The molecule has 0 saturated heterocycles. The third-order valence-electron chi connectivity index (χ3n) is 2.53. The molecule has 0 saturated carbocycles. The highest BCUT2D eigenvalue weighted by molar-refractivity contribution is 5.96. The number of hydrazone groups is 1. The largest absolute Gasteiger partial charge is 0.326 e. The Morgan fingerprint density at radius 1 is 1.19 bits per heavy atom. The quantitative estimate of drug-likeness (QED) is 0.662. The first-order valence-corrected chi connectivity index (χ1v) is 6.26. The van der Waals surface area contributed by atoms with Gasteiger partial charge < -0.3 is 5.32 Å². The number of hydrogen-bond donors (Lipinski definition) is 2. The van der Waals surface area contributed by atoms with Crippen LogP contribution in [0.4, 0.5) is 5.69 Å². The van der Waals surface area contributed by atoms with Crippen molar-refractivity contribution in [3.63, 3.8) is 0 Å². The van der Waals surface area contributed by atoms with Gasteiger partial charge >= 0.3 is 0 Å². The van der Waals surface area contributed by atoms with E-state index in [1.807, 2.05) is 6.07 Å². The third kappa shape index (κ3) is 4.54. The molecule has 0 aliphatic heterocycles. The second-order valence-corrected chi connectivity index (χ2v) is 4.24. The van der Waals surface area contributed by atoms with Gasteiger partial charge in [0, 0.05) is 36.1 Å². The summed E-state index contributed by atoms with van der Waals surface area (Å²) >= 11 is 0. The molecule has 21 heavy (non-hydrogen) atoms. The molecule has 0 bridgehead atoms. The van der Waals surface area contributed by atoms with Gasteiger partial charge in [-0.25, -0.2) is 5.43 Å². The van der Waals surface area contributed by atoms with Crippen LogP contribution in [0.2, 0.25) is 0 Å². The maximum atomic E-state index is 11.8. The number of aromatic nitrogens is 1. The molecule has 0 aliphatic carbocycles. The standard InChI is InChI=1S/C15H14N4O2/c1-11(20)18-14-6-4-13(5-7-14)15(21)19-17-10-12-3-2-8-16-9-12/h2-10H,1H3,(H,18,20)(H,19,21). The zero-order valence-corrected chi connectivity index (χ0v) is 11.4. The smallest absolute Gasteiger partial charge is 0.271 e. The van der Waals surface area contributed by atoms with Crippen LogP contribution in [0.3, 0.4) is 0 Å². The molecule has 2 aromatic rings. The van der Waals surface area contributed by atoms with Crippen LogP contribution in [-0.2, 0) is 4.79 Å². The summed E-state index contributed by atoms with van der Waals surface area (Å²) in [6.45, 7) is 1.42. The fourth-order valence-electron chi connectivity index (χ4n) is 1.59. The summed E-state index contributed by atoms with van der Waals surface area (Å²) in [7, 11) is 0. The molecule has 1 heterocycles. The number of carbonyl (C=O) groups excluding carboxylic acids is 2. The highest BCUT2D eigenvalue weighted by atomic mass is 16.2. The highest BCUT2D eigenvalue weighted by Gasteiger charge is 2.04. The number of amides is 2. The first-order valence-electron chi connectivity index (χ1n) is 6.26. The monoisotopic (exact) mass is 282 g/mol. The van der Waals surface area contributed by atoms with Crippen LogP contribution in [0.15, 0.2) is 53.9 Å². The Labute approximate surface area is 121 Å². The zero-order chi connectivity index (χ0) is 15.1. The van der Waals surface area contributed by atoms with Crippen LogP contribution in [0.25, 0.3) is 0 Å². The molecule has 0 unspecified atom stereocenters. The minimum atomic E-state index is -0.329. The Morgan fingerprint density at radius 2 is 1.95 bits per heavy atom. The van der Waals surface area contributed by atoms with Crippen molar-refractivity contribution in [2.24, 2.45) is 5.10 Å². The molecule has 6 nitrogen and oxygen atoms in total. The van der Waals surface area contributed by atoms with E-state index in [0.717, 1.165) is 5.56 Å². The molecular formula is C15H14N4O2. The summed E-state index contributed by atoms with van der Waals surface area (Å²) in [5.41, 5.74) is 4.30. The third-order valence-corrected chi connectivity index (χ3v) is 2.53. The minimum Gasteiger partial charge on any atom is -0.326 e.